The van der Waals surface area contributed by atoms with Crippen LogP contribution in [0.4, 0.5) is 5.69 Å². The topological polar surface area (TPSA) is 69.9 Å². The van der Waals surface area contributed by atoms with Crippen LogP contribution >= 0.6 is 50.3 Å². The van der Waals surface area contributed by atoms with Gasteiger partial charge in [0.25, 0.3) is 5.91 Å². The summed E-state index contributed by atoms with van der Waals surface area (Å²) in [5, 5.41) is 13.4. The maximum atomic E-state index is 12.8. The molecule has 25 heavy (non-hydrogen) atoms. The summed E-state index contributed by atoms with van der Waals surface area (Å²) >= 11 is 7.12. The Morgan fingerprint density at radius 3 is 2.96 bits per heavy atom. The lowest BCUT2D eigenvalue weighted by Crippen LogP contribution is -2.50. The summed E-state index contributed by atoms with van der Waals surface area (Å²) in [6, 6.07) is 9.21. The van der Waals surface area contributed by atoms with Crippen molar-refractivity contribution < 1.29 is 9.21 Å². The van der Waals surface area contributed by atoms with Crippen molar-refractivity contribution in [2.24, 2.45) is 5.10 Å². The van der Waals surface area contributed by atoms with Crippen molar-refractivity contribution in [3.63, 3.8) is 0 Å². The fraction of sp³-hybridized carbons (Fsp3) is 0.250. The molecule has 1 amide bonds. The molecule has 4 rings (SSSR count). The second kappa shape index (κ2) is 6.84. The van der Waals surface area contributed by atoms with E-state index in [9.17, 15) is 4.79 Å². The van der Waals surface area contributed by atoms with E-state index in [-0.39, 0.29) is 12.1 Å². The third kappa shape index (κ3) is 3.06. The number of benzene rings is 1. The van der Waals surface area contributed by atoms with Crippen molar-refractivity contribution in [1.82, 2.24) is 10.3 Å². The number of nitrogens with one attached hydrogen (secondary N) is 2. The first-order valence-electron chi connectivity index (χ1n) is 7.69. The normalized spacial score (nSPS) is 21.8. The molecule has 0 saturated carbocycles. The van der Waals surface area contributed by atoms with Gasteiger partial charge >= 0.3 is 0 Å². The minimum absolute atomic E-state index is 0.0785. The fourth-order valence-electron chi connectivity index (χ4n) is 2.95. The molecule has 130 valence electrons. The van der Waals surface area contributed by atoms with Crippen LogP contribution in [0.15, 0.2) is 44.3 Å². The van der Waals surface area contributed by atoms with Gasteiger partial charge in [-0.05, 0) is 33.8 Å². The van der Waals surface area contributed by atoms with E-state index in [1.165, 1.54) is 11.8 Å². The SMILES string of the molecule is CCSC1=NN2[C@H](C(=O)N1)c1ccccc1N[C@H]2c1cc(Br)c(I)o1. The molecule has 0 saturated heterocycles. The zero-order valence-corrected chi connectivity index (χ0v) is 17.7. The van der Waals surface area contributed by atoms with E-state index in [0.717, 1.165) is 25.2 Å². The average molecular weight is 533 g/mol. The first-order valence-corrected chi connectivity index (χ1v) is 10.5. The summed E-state index contributed by atoms with van der Waals surface area (Å²) in [6.45, 7) is 2.03. The number of furan rings is 1. The number of amidine groups is 1. The van der Waals surface area contributed by atoms with Crippen LogP contribution in [0.2, 0.25) is 0 Å². The molecule has 2 aliphatic heterocycles. The van der Waals surface area contributed by atoms with Crippen LogP contribution in [0, 0.1) is 3.77 Å². The van der Waals surface area contributed by atoms with Crippen molar-refractivity contribution >= 4 is 67.0 Å². The first-order chi connectivity index (χ1) is 12.1. The third-order valence-electron chi connectivity index (χ3n) is 3.98. The zero-order valence-electron chi connectivity index (χ0n) is 13.1. The highest BCUT2D eigenvalue weighted by atomic mass is 127. The van der Waals surface area contributed by atoms with E-state index in [1.807, 2.05) is 37.3 Å². The number of hydrazone groups is 1. The third-order valence-corrected chi connectivity index (χ3v) is 6.85. The number of hydrogen-bond donors (Lipinski definition) is 2. The van der Waals surface area contributed by atoms with Crippen LogP contribution < -0.4 is 10.6 Å². The molecule has 0 spiro atoms. The van der Waals surface area contributed by atoms with Gasteiger partial charge in [-0.15, -0.1) is 5.10 Å². The number of anilines is 1. The quantitative estimate of drug-likeness (QED) is 0.565. The van der Waals surface area contributed by atoms with E-state index >= 15 is 0 Å². The van der Waals surface area contributed by atoms with E-state index in [1.54, 1.807) is 5.01 Å². The molecule has 2 atom stereocenters. The molecule has 0 fully saturated rings. The molecule has 6 nitrogen and oxygen atoms in total. The Bertz CT molecular complexity index is 852. The molecule has 1 aromatic heterocycles. The summed E-state index contributed by atoms with van der Waals surface area (Å²) < 4.78 is 7.52. The highest BCUT2D eigenvalue weighted by Crippen LogP contribution is 2.43. The van der Waals surface area contributed by atoms with Gasteiger partial charge in [0.2, 0.25) is 0 Å². The first kappa shape index (κ1) is 17.2. The number of amides is 1. The van der Waals surface area contributed by atoms with Crippen molar-refractivity contribution in [3.8, 4) is 0 Å². The maximum Gasteiger partial charge on any atom is 0.255 e. The lowest BCUT2D eigenvalue weighted by Gasteiger charge is -2.42. The van der Waals surface area contributed by atoms with E-state index in [4.69, 9.17) is 4.42 Å². The number of carbonyl (C=O) groups excluding carboxylic acids is 1. The highest BCUT2D eigenvalue weighted by molar-refractivity contribution is 14.1. The van der Waals surface area contributed by atoms with Crippen LogP contribution in [0.1, 0.15) is 30.5 Å². The molecule has 2 aromatic rings. The molecule has 0 radical (unpaired) electrons. The summed E-state index contributed by atoms with van der Waals surface area (Å²) in [5.41, 5.74) is 1.81. The lowest BCUT2D eigenvalue weighted by molar-refractivity contribution is -0.127. The average Bonchev–Trinajstić information content (AvgIpc) is 2.93. The predicted octanol–water partition coefficient (Wildman–Crippen LogP) is 4.27. The number of carbonyl (C=O) groups is 1. The largest absolute Gasteiger partial charge is 0.450 e. The number of hydrogen-bond acceptors (Lipinski definition) is 6. The zero-order chi connectivity index (χ0) is 17.6. The van der Waals surface area contributed by atoms with Gasteiger partial charge in [-0.3, -0.25) is 4.79 Å². The van der Waals surface area contributed by atoms with E-state index < -0.39 is 6.04 Å². The Hall–Kier alpha value is -1.20. The highest BCUT2D eigenvalue weighted by Gasteiger charge is 2.43. The minimum atomic E-state index is -0.495. The Morgan fingerprint density at radius 2 is 2.24 bits per heavy atom. The van der Waals surface area contributed by atoms with Crippen LogP contribution in [0.25, 0.3) is 0 Å². The standard InChI is InChI=1S/C16H14BrIN4O2S/c1-2-25-16-20-15(23)12-8-5-3-4-6-10(8)19-14(22(12)21-16)11-7-9(17)13(18)24-11/h3-7,12,14,19H,2H2,1H3,(H,20,21,23)/t12-,14+/m0/s1. The fourth-order valence-corrected chi connectivity index (χ4v) is 4.27. The van der Waals surface area contributed by atoms with Crippen LogP contribution in [0.3, 0.4) is 0 Å². The van der Waals surface area contributed by atoms with Crippen molar-refractivity contribution in [3.05, 3.63) is 49.9 Å². The number of nitrogens with zero attached hydrogens (tertiary/aromatic N) is 2. The lowest BCUT2D eigenvalue weighted by atomic mass is 9.99. The number of thioether (sulfide) groups is 1. The van der Waals surface area contributed by atoms with Crippen LogP contribution in [-0.2, 0) is 4.79 Å². The Balaban J connectivity index is 1.84. The van der Waals surface area contributed by atoms with Crippen molar-refractivity contribution in [2.75, 3.05) is 11.1 Å². The summed E-state index contributed by atoms with van der Waals surface area (Å²) in [4.78, 5) is 12.8. The van der Waals surface area contributed by atoms with E-state index in [2.05, 4.69) is 54.3 Å². The smallest absolute Gasteiger partial charge is 0.255 e. The molecular weight excluding hydrogens is 519 g/mol. The van der Waals surface area contributed by atoms with Gasteiger partial charge in [-0.2, -0.15) is 0 Å². The molecule has 3 heterocycles. The molecule has 0 unspecified atom stereocenters. The van der Waals surface area contributed by atoms with Crippen LogP contribution in [0.5, 0.6) is 0 Å². The summed E-state index contributed by atoms with van der Waals surface area (Å²) in [5.74, 6) is 1.46. The predicted molar refractivity (Wildman–Crippen MR) is 110 cm³/mol. The van der Waals surface area contributed by atoms with Gasteiger partial charge in [-0.1, -0.05) is 36.9 Å². The summed E-state index contributed by atoms with van der Waals surface area (Å²) in [6.07, 6.45) is -0.363. The second-order valence-electron chi connectivity index (χ2n) is 5.51. The van der Waals surface area contributed by atoms with E-state index in [0.29, 0.717) is 10.9 Å². The number of fused-ring (bicyclic) bond motifs is 3. The Labute approximate surface area is 171 Å². The van der Waals surface area contributed by atoms with Gasteiger partial charge in [0, 0.05) is 33.8 Å². The van der Waals surface area contributed by atoms with Gasteiger partial charge in [0.05, 0.1) is 4.47 Å². The molecule has 0 aliphatic carbocycles. The van der Waals surface area contributed by atoms with Gasteiger partial charge in [0.15, 0.2) is 26.9 Å². The number of halogens is 2. The monoisotopic (exact) mass is 532 g/mol. The molecule has 1 aromatic carbocycles. The van der Waals surface area contributed by atoms with Gasteiger partial charge in [-0.25, -0.2) is 5.01 Å². The second-order valence-corrected chi connectivity index (χ2v) is 8.60. The molecule has 0 bridgehead atoms. The molecular formula is C16H14BrIN4O2S. The maximum absolute atomic E-state index is 12.8. The van der Waals surface area contributed by atoms with Crippen LogP contribution in [-0.4, -0.2) is 21.8 Å². The van der Waals surface area contributed by atoms with Crippen molar-refractivity contribution in [1.29, 1.82) is 0 Å². The molecule has 2 aliphatic rings. The van der Waals surface area contributed by atoms with Gasteiger partial charge in [0.1, 0.15) is 0 Å². The van der Waals surface area contributed by atoms with Gasteiger partial charge < -0.3 is 15.1 Å². The molecule has 9 heteroatoms. The minimum Gasteiger partial charge on any atom is -0.450 e. The summed E-state index contributed by atoms with van der Waals surface area (Å²) in [7, 11) is 0. The Morgan fingerprint density at radius 1 is 1.44 bits per heavy atom. The van der Waals surface area contributed by atoms with Crippen molar-refractivity contribution in [2.45, 2.75) is 19.1 Å². The Kier molecular flexibility index (Phi) is 4.71. The number of para-hydroxylation sites is 1. The molecule has 2 N–H and O–H groups in total. The number of rotatable bonds is 2.